The first kappa shape index (κ1) is 72.7. The van der Waals surface area contributed by atoms with Gasteiger partial charge >= 0.3 is 0 Å². The lowest BCUT2D eigenvalue weighted by Crippen LogP contribution is -2.47. The molecule has 1 aliphatic carbocycles. The number of para-hydroxylation sites is 1. The summed E-state index contributed by atoms with van der Waals surface area (Å²) < 4.78 is 30.9. The standard InChI is InChI=1S/C67H92ClN13O11S2/c1-5-49-13-11-14-52(42-49)80(6-2)62(84)46-81-54-22-41-93-56(54)43-55(81)65(86)75-51-19-17-50(18-20-51)64(85)71-23-9-7-8-16-60(82)69-25-33-90-36-38-92-40-39-91-37-35-88-31-21-61(83)70-24-32-89-34-30-78-26-28-79(29-27-78)59-44-58(73-48(4)74-59)76-67-72-45-57(94-67)66(87)77-63-47(3)12-10-15-53(63)68/h10-15,22,41-45,50-51H,5-9,16-21,23-40,46H2,1-4H3,(H,69,82)(H,70,83)(H,71,85)(H,75,86)(H,77,87)(H,72,73,74,76)/t50-,51-. The number of anilines is 5. The number of thiazole rings is 1. The van der Waals surface area contributed by atoms with Crippen LogP contribution in [-0.4, -0.2) is 191 Å². The lowest BCUT2D eigenvalue weighted by Gasteiger charge is -2.35. The van der Waals surface area contributed by atoms with Gasteiger partial charge in [0.15, 0.2) is 5.13 Å². The highest BCUT2D eigenvalue weighted by Crippen LogP contribution is 2.31. The van der Waals surface area contributed by atoms with E-state index in [2.05, 4.69) is 69.6 Å². The van der Waals surface area contributed by atoms with E-state index in [1.54, 1.807) is 22.3 Å². The number of aryl methyl sites for hydroxylation is 3. The molecule has 1 aliphatic heterocycles. The zero-order chi connectivity index (χ0) is 66.4. The quantitative estimate of drug-likeness (QED) is 0.0197. The van der Waals surface area contributed by atoms with Gasteiger partial charge in [-0.1, -0.05) is 60.5 Å². The summed E-state index contributed by atoms with van der Waals surface area (Å²) in [6.45, 7) is 17.8. The van der Waals surface area contributed by atoms with Crippen LogP contribution in [0.4, 0.5) is 28.1 Å². The molecule has 0 unspecified atom stereocenters. The molecule has 5 heterocycles. The first-order valence-electron chi connectivity index (χ1n) is 32.8. The summed E-state index contributed by atoms with van der Waals surface area (Å²) >= 11 is 9.07. The molecular formula is C67H92ClN13O11S2. The number of amides is 6. The van der Waals surface area contributed by atoms with Gasteiger partial charge < -0.3 is 70.0 Å². The second kappa shape index (κ2) is 39.0. The molecule has 2 aromatic carbocycles. The molecule has 94 heavy (non-hydrogen) atoms. The number of piperazine rings is 1. The molecular weight excluding hydrogens is 1260 g/mol. The normalized spacial score (nSPS) is 15.0. The Morgan fingerprint density at radius 3 is 2.11 bits per heavy atom. The van der Waals surface area contributed by atoms with Crippen molar-refractivity contribution in [2.24, 2.45) is 5.92 Å². The minimum absolute atomic E-state index is 0.0331. The molecule has 6 amide bonds. The predicted octanol–water partition coefficient (Wildman–Crippen LogP) is 8.32. The molecule has 510 valence electrons. The average molecular weight is 1360 g/mol. The van der Waals surface area contributed by atoms with E-state index >= 15 is 0 Å². The summed E-state index contributed by atoms with van der Waals surface area (Å²) in [5.74, 6) is 1.24. The largest absolute Gasteiger partial charge is 0.379 e. The van der Waals surface area contributed by atoms with Crippen molar-refractivity contribution in [2.75, 3.05) is 145 Å². The third-order valence-corrected chi connectivity index (χ3v) is 18.4. The number of halogens is 1. The molecule has 2 aliphatic rings. The van der Waals surface area contributed by atoms with E-state index in [1.807, 2.05) is 79.2 Å². The Balaban J connectivity index is 0.547. The predicted molar refractivity (Wildman–Crippen MR) is 368 cm³/mol. The highest BCUT2D eigenvalue weighted by atomic mass is 35.5. The lowest BCUT2D eigenvalue weighted by atomic mass is 9.85. The number of hydrogen-bond donors (Lipinski definition) is 6. The number of fused-ring (bicyclic) bond motifs is 1. The minimum Gasteiger partial charge on any atom is -0.379 e. The number of thiophene rings is 1. The smallest absolute Gasteiger partial charge is 0.268 e. The van der Waals surface area contributed by atoms with Gasteiger partial charge in [-0.05, 0) is 113 Å². The van der Waals surface area contributed by atoms with Crippen molar-refractivity contribution in [3.63, 3.8) is 0 Å². The molecule has 27 heteroatoms. The van der Waals surface area contributed by atoms with Gasteiger partial charge in [0.25, 0.3) is 11.8 Å². The second-order valence-corrected chi connectivity index (χ2v) is 25.5. The van der Waals surface area contributed by atoms with E-state index < -0.39 is 0 Å². The number of aromatic nitrogens is 4. The monoisotopic (exact) mass is 1350 g/mol. The van der Waals surface area contributed by atoms with Crippen LogP contribution in [0.25, 0.3) is 10.2 Å². The Labute approximate surface area is 563 Å². The number of unbranched alkanes of at least 4 members (excludes halogenated alkanes) is 2. The molecule has 1 saturated carbocycles. The van der Waals surface area contributed by atoms with Gasteiger partial charge in [0, 0.05) is 95.5 Å². The molecule has 1 saturated heterocycles. The van der Waals surface area contributed by atoms with Crippen LogP contribution in [-0.2, 0) is 55.8 Å². The number of carbonyl (C=O) groups excluding carboxylic acids is 6. The van der Waals surface area contributed by atoms with Gasteiger partial charge in [0.1, 0.15) is 34.6 Å². The molecule has 0 radical (unpaired) electrons. The number of hydrogen-bond acceptors (Lipinski definition) is 19. The lowest BCUT2D eigenvalue weighted by molar-refractivity contribution is -0.126. The van der Waals surface area contributed by atoms with Crippen molar-refractivity contribution in [3.8, 4) is 0 Å². The summed E-state index contributed by atoms with van der Waals surface area (Å²) in [6.07, 6.45) is 8.13. The molecule has 6 N–H and O–H groups in total. The van der Waals surface area contributed by atoms with Gasteiger partial charge in [-0.2, -0.15) is 0 Å². The number of carbonyl (C=O) groups is 6. The van der Waals surface area contributed by atoms with Crippen LogP contribution < -0.4 is 41.7 Å². The van der Waals surface area contributed by atoms with E-state index in [9.17, 15) is 28.8 Å². The molecule has 24 nitrogen and oxygen atoms in total. The number of benzene rings is 2. The van der Waals surface area contributed by atoms with Gasteiger partial charge in [0.2, 0.25) is 23.6 Å². The van der Waals surface area contributed by atoms with Crippen LogP contribution in [0.2, 0.25) is 5.02 Å². The zero-order valence-corrected chi connectivity index (χ0v) is 57.0. The SMILES string of the molecule is CCc1cccc(N(CC)C(=O)Cn2c(C(=O)N[C@H]3CC[C@H](C(=O)NCCCCCC(=O)NCCOCCOCCOCCOCCC(=O)NCCOCCN4CCN(c5cc(Nc6ncc(C(=O)Nc7c(C)cccc7Cl)s6)nc(C)n5)CC4)CC3)cc3sccc32)c1. The Morgan fingerprint density at radius 2 is 1.39 bits per heavy atom. The van der Waals surface area contributed by atoms with Gasteiger partial charge in [0.05, 0.1) is 93.2 Å². The van der Waals surface area contributed by atoms with E-state index in [1.165, 1.54) is 17.5 Å². The van der Waals surface area contributed by atoms with Crippen molar-refractivity contribution in [3.05, 3.63) is 105 Å². The summed E-state index contributed by atoms with van der Waals surface area (Å²) in [4.78, 5) is 98.5. The van der Waals surface area contributed by atoms with Crippen LogP contribution >= 0.6 is 34.3 Å². The van der Waals surface area contributed by atoms with Crippen molar-refractivity contribution in [1.82, 2.24) is 45.7 Å². The van der Waals surface area contributed by atoms with Crippen molar-refractivity contribution in [1.29, 1.82) is 0 Å². The van der Waals surface area contributed by atoms with Gasteiger partial charge in [-0.25, -0.2) is 15.0 Å². The Kier molecular flexibility index (Phi) is 30.2. The minimum atomic E-state index is -0.291. The maximum Gasteiger partial charge on any atom is 0.268 e. The van der Waals surface area contributed by atoms with Crippen molar-refractivity contribution < 1.29 is 52.5 Å². The van der Waals surface area contributed by atoms with E-state index in [-0.39, 0.29) is 67.0 Å². The maximum absolute atomic E-state index is 13.7. The highest BCUT2D eigenvalue weighted by molar-refractivity contribution is 7.17. The molecule has 8 rings (SSSR count). The highest BCUT2D eigenvalue weighted by Gasteiger charge is 2.29. The zero-order valence-electron chi connectivity index (χ0n) is 54.6. The molecule has 0 bridgehead atoms. The van der Waals surface area contributed by atoms with Crippen LogP contribution in [0, 0.1) is 19.8 Å². The summed E-state index contributed by atoms with van der Waals surface area (Å²) in [6, 6.07) is 19.1. The molecule has 0 spiro atoms. The van der Waals surface area contributed by atoms with Crippen LogP contribution in [0.3, 0.4) is 0 Å². The van der Waals surface area contributed by atoms with Crippen LogP contribution in [0.15, 0.2) is 72.2 Å². The van der Waals surface area contributed by atoms with Crippen LogP contribution in [0.5, 0.6) is 0 Å². The van der Waals surface area contributed by atoms with Gasteiger partial charge in [-0.15, -0.1) is 11.3 Å². The summed E-state index contributed by atoms with van der Waals surface area (Å²) in [7, 11) is 0. The third kappa shape index (κ3) is 23.4. The summed E-state index contributed by atoms with van der Waals surface area (Å²) in [5, 5.41) is 21.1. The van der Waals surface area contributed by atoms with E-state index in [4.69, 9.17) is 35.3 Å². The molecule has 2 fully saturated rings. The van der Waals surface area contributed by atoms with E-state index in [0.29, 0.717) is 156 Å². The third-order valence-electron chi connectivity index (χ3n) is 16.3. The second-order valence-electron chi connectivity index (χ2n) is 23.1. The topological polar surface area (TPSA) is 274 Å². The van der Waals surface area contributed by atoms with Crippen molar-refractivity contribution >= 4 is 108 Å². The molecule has 6 aromatic rings. The number of ether oxygens (including phenoxy) is 5. The maximum atomic E-state index is 13.7. The number of rotatable bonds is 40. The molecule has 0 atom stereocenters. The van der Waals surface area contributed by atoms with Crippen LogP contribution in [0.1, 0.15) is 109 Å². The fourth-order valence-corrected chi connectivity index (χ4v) is 12.9. The first-order chi connectivity index (χ1) is 45.7. The fourth-order valence-electron chi connectivity index (χ4n) is 11.1. The average Bonchev–Trinajstić information content (AvgIpc) is 1.63. The first-order valence-corrected chi connectivity index (χ1v) is 34.9. The fraction of sp³-hybridized carbons (Fsp3) is 0.537. The van der Waals surface area contributed by atoms with E-state index in [0.717, 1.165) is 91.3 Å². The number of likely N-dealkylation sites (N-methyl/N-ethyl adjacent to an activating group) is 1. The Morgan fingerprint density at radius 1 is 0.702 bits per heavy atom. The summed E-state index contributed by atoms with van der Waals surface area (Å²) in [5.41, 5.74) is 4.79. The number of nitrogens with zero attached hydrogens (tertiary/aromatic N) is 7. The Bertz CT molecular complexity index is 3370. The number of nitrogens with one attached hydrogen (secondary N) is 6. The Hall–Kier alpha value is -7.14. The van der Waals surface area contributed by atoms with Crippen molar-refractivity contribution in [2.45, 2.75) is 104 Å². The van der Waals surface area contributed by atoms with Gasteiger partial charge in [-0.3, -0.25) is 33.7 Å². The molecule has 4 aromatic heterocycles.